The summed E-state index contributed by atoms with van der Waals surface area (Å²) in [7, 11) is 0. The summed E-state index contributed by atoms with van der Waals surface area (Å²) >= 11 is 0. The molecule has 5 fully saturated rings. The van der Waals surface area contributed by atoms with Crippen LogP contribution in [0.25, 0.3) is 0 Å². The number of hydrogen-bond donors (Lipinski definition) is 0. The largest absolute Gasteiger partial charge is 0.463 e. The molecule has 5 aliphatic rings. The number of carbonyl (C=O) groups excluding carboxylic acids is 4. The SMILES string of the molecule is CC(=O)OC[C@H]1O[C@@H](OC2CC[C@@]3(C)C(CC[C@H]4[C@@H]5CC[C@H]([C@H](C)CCCC(C)C)[C@@]5(C)CC[C@@H]43)C2)[C@H](OC(C)=O)[C@@H](OC(C)=O)[C@@H]1OC(C)=O. The molecule has 1 aliphatic heterocycles. The quantitative estimate of drug-likeness (QED) is 0.113. The van der Waals surface area contributed by atoms with Crippen molar-refractivity contribution in [1.82, 2.24) is 0 Å². The molecule has 0 N–H and O–H groups in total. The van der Waals surface area contributed by atoms with Crippen LogP contribution in [0.15, 0.2) is 0 Å². The van der Waals surface area contributed by atoms with Crippen molar-refractivity contribution in [3.63, 3.8) is 0 Å². The predicted molar refractivity (Wildman–Crippen MR) is 190 cm³/mol. The van der Waals surface area contributed by atoms with E-state index in [4.69, 9.17) is 28.4 Å². The molecule has 1 saturated heterocycles. The van der Waals surface area contributed by atoms with Crippen LogP contribution in [0.2, 0.25) is 0 Å². The molecule has 5 rings (SSSR count). The van der Waals surface area contributed by atoms with Crippen molar-refractivity contribution in [3.05, 3.63) is 0 Å². The van der Waals surface area contributed by atoms with Gasteiger partial charge in [-0.3, -0.25) is 19.2 Å². The normalized spacial score (nSPS) is 41.0. The van der Waals surface area contributed by atoms with Gasteiger partial charge in [0.05, 0.1) is 6.10 Å². The van der Waals surface area contributed by atoms with Gasteiger partial charge in [-0.25, -0.2) is 0 Å². The summed E-state index contributed by atoms with van der Waals surface area (Å²) in [6.45, 7) is 17.1. The molecule has 290 valence electrons. The van der Waals surface area contributed by atoms with Crippen molar-refractivity contribution in [3.8, 4) is 0 Å². The highest BCUT2D eigenvalue weighted by Crippen LogP contribution is 2.68. The summed E-state index contributed by atoms with van der Waals surface area (Å²) in [5.41, 5.74) is 0.698. The summed E-state index contributed by atoms with van der Waals surface area (Å²) < 4.78 is 35.1. The molecule has 0 aromatic rings. The van der Waals surface area contributed by atoms with Crippen molar-refractivity contribution in [2.24, 2.45) is 52.3 Å². The lowest BCUT2D eigenvalue weighted by Gasteiger charge is -2.61. The first kappa shape index (κ1) is 40.0. The van der Waals surface area contributed by atoms with E-state index in [2.05, 4.69) is 34.6 Å². The van der Waals surface area contributed by atoms with E-state index in [-0.39, 0.29) is 18.1 Å². The average molecular weight is 719 g/mol. The zero-order valence-corrected chi connectivity index (χ0v) is 32.8. The lowest BCUT2D eigenvalue weighted by atomic mass is 9.44. The van der Waals surface area contributed by atoms with Gasteiger partial charge in [0.1, 0.15) is 12.7 Å². The van der Waals surface area contributed by atoms with E-state index in [1.807, 2.05) is 0 Å². The molecule has 2 unspecified atom stereocenters. The monoisotopic (exact) mass is 718 g/mol. The van der Waals surface area contributed by atoms with Gasteiger partial charge in [-0.2, -0.15) is 0 Å². The van der Waals surface area contributed by atoms with Crippen LogP contribution in [0, 0.1) is 52.3 Å². The molecule has 0 radical (unpaired) electrons. The summed E-state index contributed by atoms with van der Waals surface area (Å²) in [5, 5.41) is 0. The standard InChI is InChI=1S/C41H66O10/c1-23(2)11-10-12-24(3)32-15-16-33-31-14-13-29-21-30(17-19-40(29,8)34(31)18-20-41(32,33)9)50-39-38(49-28(7)45)37(48-27(6)44)36(47-26(5)43)35(51-39)22-46-25(4)42/h23-24,29-39H,10-22H2,1-9H3/t24-,29?,30?,31+,32-,33+,34+,35-,36-,37+,38-,39-,40+,41-/m1/s1. The van der Waals surface area contributed by atoms with Crippen molar-refractivity contribution in [2.45, 2.75) is 176 Å². The Morgan fingerprint density at radius 1 is 0.706 bits per heavy atom. The van der Waals surface area contributed by atoms with E-state index in [0.717, 1.165) is 54.8 Å². The van der Waals surface area contributed by atoms with Gasteiger partial charge in [0.15, 0.2) is 24.6 Å². The van der Waals surface area contributed by atoms with Crippen molar-refractivity contribution in [1.29, 1.82) is 0 Å². The summed E-state index contributed by atoms with van der Waals surface area (Å²) in [5.74, 6) is 2.78. The second-order valence-corrected chi connectivity index (χ2v) is 17.8. The highest BCUT2D eigenvalue weighted by Gasteiger charge is 2.61. The topological polar surface area (TPSA) is 124 Å². The van der Waals surface area contributed by atoms with Crippen LogP contribution in [-0.2, 0) is 47.6 Å². The maximum Gasteiger partial charge on any atom is 0.303 e. The minimum atomic E-state index is -1.22. The highest BCUT2D eigenvalue weighted by molar-refractivity contribution is 5.68. The van der Waals surface area contributed by atoms with E-state index in [0.29, 0.717) is 11.3 Å². The van der Waals surface area contributed by atoms with Crippen LogP contribution in [0.4, 0.5) is 0 Å². The van der Waals surface area contributed by atoms with Crippen LogP contribution in [0.1, 0.15) is 139 Å². The Hall–Kier alpha value is -2.20. The third kappa shape index (κ3) is 8.79. The smallest absolute Gasteiger partial charge is 0.303 e. The summed E-state index contributed by atoms with van der Waals surface area (Å²) in [4.78, 5) is 48.5. The highest BCUT2D eigenvalue weighted by atomic mass is 16.7. The molecule has 0 aromatic heterocycles. The zero-order valence-electron chi connectivity index (χ0n) is 32.8. The average Bonchev–Trinajstić information content (AvgIpc) is 3.39. The number of hydrogen-bond acceptors (Lipinski definition) is 10. The second-order valence-electron chi connectivity index (χ2n) is 17.8. The van der Waals surface area contributed by atoms with Gasteiger partial charge in [-0.15, -0.1) is 0 Å². The first-order valence-corrected chi connectivity index (χ1v) is 20.0. The van der Waals surface area contributed by atoms with Gasteiger partial charge in [0, 0.05) is 27.7 Å². The predicted octanol–water partition coefficient (Wildman–Crippen LogP) is 7.58. The van der Waals surface area contributed by atoms with Gasteiger partial charge in [0.25, 0.3) is 0 Å². The second kappa shape index (κ2) is 16.4. The third-order valence-electron chi connectivity index (χ3n) is 14.1. The molecule has 51 heavy (non-hydrogen) atoms. The zero-order chi connectivity index (χ0) is 37.2. The van der Waals surface area contributed by atoms with E-state index < -0.39 is 54.6 Å². The molecule has 4 aliphatic carbocycles. The summed E-state index contributed by atoms with van der Waals surface area (Å²) in [6.07, 6.45) is 8.77. The Kier molecular flexibility index (Phi) is 12.9. The molecular formula is C41H66O10. The number of ether oxygens (including phenoxy) is 6. The van der Waals surface area contributed by atoms with Gasteiger partial charge in [0.2, 0.25) is 0 Å². The van der Waals surface area contributed by atoms with Gasteiger partial charge < -0.3 is 28.4 Å². The van der Waals surface area contributed by atoms with E-state index in [1.165, 1.54) is 85.5 Å². The molecule has 10 nitrogen and oxygen atoms in total. The minimum absolute atomic E-state index is 0.170. The number of fused-ring (bicyclic) bond motifs is 5. The molecule has 10 heteroatoms. The maximum absolute atomic E-state index is 12.3. The summed E-state index contributed by atoms with van der Waals surface area (Å²) in [6, 6.07) is 0. The Labute approximate surface area is 306 Å². The number of rotatable bonds is 12. The molecule has 0 spiro atoms. The van der Waals surface area contributed by atoms with Gasteiger partial charge in [-0.05, 0) is 110 Å². The van der Waals surface area contributed by atoms with E-state index in [1.54, 1.807) is 0 Å². The molecule has 14 atom stereocenters. The Bertz CT molecular complexity index is 1250. The fraction of sp³-hybridized carbons (Fsp3) is 0.902. The fourth-order valence-corrected chi connectivity index (χ4v) is 11.9. The van der Waals surface area contributed by atoms with Gasteiger partial charge in [-0.1, -0.05) is 53.9 Å². The van der Waals surface area contributed by atoms with Crippen LogP contribution >= 0.6 is 0 Å². The van der Waals surface area contributed by atoms with E-state index in [9.17, 15) is 19.2 Å². The lowest BCUT2D eigenvalue weighted by Crippen LogP contribution is -2.63. The Balaban J connectivity index is 1.29. The van der Waals surface area contributed by atoms with Gasteiger partial charge >= 0.3 is 23.9 Å². The first-order valence-electron chi connectivity index (χ1n) is 20.0. The molecule has 1 heterocycles. The number of esters is 4. The first-order chi connectivity index (χ1) is 24.0. The van der Waals surface area contributed by atoms with Crippen LogP contribution in [0.3, 0.4) is 0 Å². The van der Waals surface area contributed by atoms with Crippen molar-refractivity contribution < 1.29 is 47.6 Å². The number of carbonyl (C=O) groups is 4. The molecule has 0 aromatic carbocycles. The van der Waals surface area contributed by atoms with Crippen molar-refractivity contribution in [2.75, 3.05) is 6.61 Å². The Morgan fingerprint density at radius 2 is 1.33 bits per heavy atom. The molecule has 4 saturated carbocycles. The third-order valence-corrected chi connectivity index (χ3v) is 14.1. The molecule has 0 amide bonds. The van der Waals surface area contributed by atoms with Crippen LogP contribution < -0.4 is 0 Å². The minimum Gasteiger partial charge on any atom is -0.463 e. The van der Waals surface area contributed by atoms with Crippen molar-refractivity contribution >= 4 is 23.9 Å². The Morgan fingerprint density at radius 3 is 1.98 bits per heavy atom. The lowest BCUT2D eigenvalue weighted by molar-refractivity contribution is -0.321. The molecule has 0 bridgehead atoms. The maximum atomic E-state index is 12.3. The van der Waals surface area contributed by atoms with Crippen LogP contribution in [-0.4, -0.2) is 67.3 Å². The van der Waals surface area contributed by atoms with E-state index >= 15 is 0 Å². The molecular weight excluding hydrogens is 652 g/mol. The van der Waals surface area contributed by atoms with Crippen LogP contribution in [0.5, 0.6) is 0 Å². The fourth-order valence-electron chi connectivity index (χ4n) is 11.9.